The lowest BCUT2D eigenvalue weighted by molar-refractivity contribution is -0.0839. The van der Waals surface area contributed by atoms with Crippen LogP contribution < -0.4 is 5.32 Å². The Labute approximate surface area is 117 Å². The summed E-state index contributed by atoms with van der Waals surface area (Å²) in [4.78, 5) is 0. The van der Waals surface area contributed by atoms with Crippen LogP contribution in [0, 0.1) is 17.5 Å². The molecule has 1 unspecified atom stereocenters. The van der Waals surface area contributed by atoms with Gasteiger partial charge in [0.2, 0.25) is 0 Å². The molecular formula is C15H20F3NO. The summed E-state index contributed by atoms with van der Waals surface area (Å²) in [6.07, 6.45) is 3.46. The summed E-state index contributed by atoms with van der Waals surface area (Å²) < 4.78 is 45.9. The van der Waals surface area contributed by atoms with Crippen LogP contribution in [0.1, 0.15) is 44.2 Å². The highest BCUT2D eigenvalue weighted by atomic mass is 19.2. The summed E-state index contributed by atoms with van der Waals surface area (Å²) in [6, 6.07) is 1.90. The highest BCUT2D eigenvalue weighted by molar-refractivity contribution is 5.24. The molecule has 0 bridgehead atoms. The molecule has 0 aliphatic heterocycles. The molecule has 0 radical (unpaired) electrons. The van der Waals surface area contributed by atoms with E-state index in [1.54, 1.807) is 7.11 Å². The van der Waals surface area contributed by atoms with Crippen molar-refractivity contribution in [3.63, 3.8) is 0 Å². The fourth-order valence-electron chi connectivity index (χ4n) is 2.78. The van der Waals surface area contributed by atoms with E-state index in [0.29, 0.717) is 13.0 Å². The predicted molar refractivity (Wildman–Crippen MR) is 70.9 cm³/mol. The first-order chi connectivity index (χ1) is 9.53. The number of nitrogens with one attached hydrogen (secondary N) is 1. The van der Waals surface area contributed by atoms with Gasteiger partial charge in [0.25, 0.3) is 0 Å². The number of benzene rings is 1. The molecule has 1 saturated carbocycles. The molecule has 1 aliphatic rings. The molecule has 0 saturated heterocycles. The Morgan fingerprint density at radius 2 is 1.95 bits per heavy atom. The van der Waals surface area contributed by atoms with Crippen molar-refractivity contribution in [2.24, 2.45) is 0 Å². The standard InChI is InChI=1S/C15H20F3NO/c1-3-19-12(9-15(20-2)7-4-8-15)10-5-6-11(16)14(18)13(10)17/h5-6,12,19H,3-4,7-9H2,1-2H3. The monoisotopic (exact) mass is 287 g/mol. The highest BCUT2D eigenvalue weighted by Gasteiger charge is 2.40. The minimum atomic E-state index is -1.41. The van der Waals surface area contributed by atoms with E-state index < -0.39 is 17.5 Å². The minimum Gasteiger partial charge on any atom is -0.378 e. The third kappa shape index (κ3) is 2.83. The summed E-state index contributed by atoms with van der Waals surface area (Å²) in [7, 11) is 1.64. The van der Waals surface area contributed by atoms with E-state index in [0.717, 1.165) is 25.3 Å². The van der Waals surface area contributed by atoms with E-state index in [2.05, 4.69) is 5.32 Å². The van der Waals surface area contributed by atoms with Gasteiger partial charge in [-0.2, -0.15) is 0 Å². The molecule has 1 N–H and O–H groups in total. The summed E-state index contributed by atoms with van der Waals surface area (Å²) in [6.45, 7) is 2.51. The Balaban J connectivity index is 2.26. The molecule has 20 heavy (non-hydrogen) atoms. The molecule has 2 nitrogen and oxygen atoms in total. The Morgan fingerprint density at radius 3 is 2.45 bits per heavy atom. The summed E-state index contributed by atoms with van der Waals surface area (Å²) in [5.74, 6) is -3.68. The third-order valence-corrected chi connectivity index (χ3v) is 4.16. The van der Waals surface area contributed by atoms with Gasteiger partial charge in [-0.15, -0.1) is 0 Å². The Hall–Kier alpha value is -1.07. The minimum absolute atomic E-state index is 0.161. The zero-order valence-corrected chi connectivity index (χ0v) is 11.8. The van der Waals surface area contributed by atoms with E-state index in [9.17, 15) is 13.2 Å². The molecule has 0 amide bonds. The van der Waals surface area contributed by atoms with Gasteiger partial charge in [-0.1, -0.05) is 13.0 Å². The van der Waals surface area contributed by atoms with Crippen molar-refractivity contribution in [2.45, 2.75) is 44.2 Å². The van der Waals surface area contributed by atoms with E-state index in [-0.39, 0.29) is 17.2 Å². The number of halogens is 3. The Morgan fingerprint density at radius 1 is 1.25 bits per heavy atom. The van der Waals surface area contributed by atoms with Gasteiger partial charge in [0.05, 0.1) is 5.60 Å². The van der Waals surface area contributed by atoms with Gasteiger partial charge in [0, 0.05) is 18.7 Å². The largest absolute Gasteiger partial charge is 0.378 e. The number of rotatable bonds is 6. The molecule has 0 aromatic heterocycles. The first-order valence-electron chi connectivity index (χ1n) is 6.95. The van der Waals surface area contributed by atoms with Crippen molar-refractivity contribution in [3.8, 4) is 0 Å². The van der Waals surface area contributed by atoms with Crippen molar-refractivity contribution < 1.29 is 17.9 Å². The fourth-order valence-corrected chi connectivity index (χ4v) is 2.78. The second-order valence-electron chi connectivity index (χ2n) is 5.32. The molecule has 1 aromatic rings. The molecule has 5 heteroatoms. The zero-order valence-electron chi connectivity index (χ0n) is 11.8. The molecule has 2 rings (SSSR count). The molecule has 0 spiro atoms. The van der Waals surface area contributed by atoms with Gasteiger partial charge in [0.1, 0.15) is 0 Å². The van der Waals surface area contributed by atoms with Crippen molar-refractivity contribution in [1.82, 2.24) is 5.32 Å². The van der Waals surface area contributed by atoms with Crippen molar-refractivity contribution >= 4 is 0 Å². The Kier molecular flexibility index (Phi) is 4.70. The SMILES string of the molecule is CCNC(CC1(OC)CCC1)c1ccc(F)c(F)c1F. The van der Waals surface area contributed by atoms with Crippen LogP contribution >= 0.6 is 0 Å². The molecular weight excluding hydrogens is 267 g/mol. The number of methoxy groups -OCH3 is 1. The van der Waals surface area contributed by atoms with Crippen molar-refractivity contribution in [3.05, 3.63) is 35.1 Å². The maximum absolute atomic E-state index is 13.9. The normalized spacial score (nSPS) is 18.6. The van der Waals surface area contributed by atoms with Crippen LogP contribution in [-0.4, -0.2) is 19.3 Å². The first kappa shape index (κ1) is 15.3. The topological polar surface area (TPSA) is 21.3 Å². The lowest BCUT2D eigenvalue weighted by Gasteiger charge is -2.43. The average molecular weight is 287 g/mol. The number of hydrogen-bond acceptors (Lipinski definition) is 2. The van der Waals surface area contributed by atoms with Crippen LogP contribution in [0.3, 0.4) is 0 Å². The highest BCUT2D eigenvalue weighted by Crippen LogP contribution is 2.42. The lowest BCUT2D eigenvalue weighted by Crippen LogP contribution is -2.43. The van der Waals surface area contributed by atoms with Crippen LogP contribution in [0.5, 0.6) is 0 Å². The van der Waals surface area contributed by atoms with Gasteiger partial charge >= 0.3 is 0 Å². The van der Waals surface area contributed by atoms with E-state index >= 15 is 0 Å². The maximum Gasteiger partial charge on any atom is 0.194 e. The zero-order chi connectivity index (χ0) is 14.8. The van der Waals surface area contributed by atoms with Crippen LogP contribution in [0.2, 0.25) is 0 Å². The first-order valence-corrected chi connectivity index (χ1v) is 6.95. The third-order valence-electron chi connectivity index (χ3n) is 4.16. The molecule has 1 aliphatic carbocycles. The van der Waals surface area contributed by atoms with Crippen molar-refractivity contribution in [1.29, 1.82) is 0 Å². The summed E-state index contributed by atoms with van der Waals surface area (Å²) in [5.41, 5.74) is -0.112. The quantitative estimate of drug-likeness (QED) is 0.805. The second kappa shape index (κ2) is 6.14. The maximum atomic E-state index is 13.9. The second-order valence-corrected chi connectivity index (χ2v) is 5.32. The predicted octanol–water partition coefficient (Wildman–Crippen LogP) is 3.71. The summed E-state index contributed by atoms with van der Waals surface area (Å²) >= 11 is 0. The molecule has 1 fully saturated rings. The van der Waals surface area contributed by atoms with Crippen LogP contribution in [0.25, 0.3) is 0 Å². The van der Waals surface area contributed by atoms with E-state index in [4.69, 9.17) is 4.74 Å². The Bertz CT molecular complexity index is 469. The smallest absolute Gasteiger partial charge is 0.194 e. The fraction of sp³-hybridized carbons (Fsp3) is 0.600. The number of hydrogen-bond donors (Lipinski definition) is 1. The summed E-state index contributed by atoms with van der Waals surface area (Å²) in [5, 5.41) is 3.14. The lowest BCUT2D eigenvalue weighted by atomic mass is 9.74. The number of ether oxygens (including phenoxy) is 1. The van der Waals surface area contributed by atoms with Gasteiger partial charge in [-0.3, -0.25) is 0 Å². The van der Waals surface area contributed by atoms with E-state index in [1.807, 2.05) is 6.92 Å². The van der Waals surface area contributed by atoms with Crippen molar-refractivity contribution in [2.75, 3.05) is 13.7 Å². The molecule has 112 valence electrons. The van der Waals surface area contributed by atoms with Crippen LogP contribution in [-0.2, 0) is 4.74 Å². The molecule has 1 atom stereocenters. The van der Waals surface area contributed by atoms with Gasteiger partial charge < -0.3 is 10.1 Å². The van der Waals surface area contributed by atoms with Crippen LogP contribution in [0.15, 0.2) is 12.1 Å². The van der Waals surface area contributed by atoms with Gasteiger partial charge in [-0.05, 0) is 38.3 Å². The average Bonchev–Trinajstić information content (AvgIpc) is 2.39. The van der Waals surface area contributed by atoms with Gasteiger partial charge in [0.15, 0.2) is 17.5 Å². The molecule has 1 aromatic carbocycles. The van der Waals surface area contributed by atoms with Gasteiger partial charge in [-0.25, -0.2) is 13.2 Å². The van der Waals surface area contributed by atoms with Crippen LogP contribution in [0.4, 0.5) is 13.2 Å². The van der Waals surface area contributed by atoms with E-state index in [1.165, 1.54) is 6.07 Å². The molecule has 0 heterocycles.